The summed E-state index contributed by atoms with van der Waals surface area (Å²) in [7, 11) is 0. The van der Waals surface area contributed by atoms with Crippen molar-refractivity contribution in [1.29, 1.82) is 0 Å². The summed E-state index contributed by atoms with van der Waals surface area (Å²) >= 11 is 2.24. The van der Waals surface area contributed by atoms with Gasteiger partial charge in [0.25, 0.3) is 0 Å². The average Bonchev–Trinajstić information content (AvgIpc) is 3.71. The van der Waals surface area contributed by atoms with E-state index in [1.165, 1.54) is 48.5 Å². The number of azo groups is 1. The van der Waals surface area contributed by atoms with E-state index in [2.05, 4.69) is 30.8 Å². The van der Waals surface area contributed by atoms with Crippen LogP contribution in [0.3, 0.4) is 0 Å². The monoisotopic (exact) mass is 702 g/mol. The molecule has 2 heterocycles. The molecule has 0 aliphatic carbocycles. The van der Waals surface area contributed by atoms with Crippen molar-refractivity contribution in [2.75, 3.05) is 10.6 Å². The number of hydrogen-bond donors (Lipinski definition) is 2. The minimum Gasteiger partial charge on any atom is -0.332 e. The second kappa shape index (κ2) is 13.1. The van der Waals surface area contributed by atoms with Gasteiger partial charge in [-0.25, -0.2) is 18.7 Å². The van der Waals surface area contributed by atoms with E-state index in [0.29, 0.717) is 32.8 Å². The van der Waals surface area contributed by atoms with E-state index in [1.807, 2.05) is 0 Å². The van der Waals surface area contributed by atoms with Crippen LogP contribution >= 0.6 is 22.7 Å². The fourth-order valence-electron chi connectivity index (χ4n) is 4.33. The van der Waals surface area contributed by atoms with Crippen LogP contribution in [0.1, 0.15) is 11.1 Å². The molecule has 2 N–H and O–H groups in total. The maximum Gasteiger partial charge on any atom is 0.416 e. The van der Waals surface area contributed by atoms with Gasteiger partial charge in [0.15, 0.2) is 21.9 Å². The lowest BCUT2D eigenvalue weighted by atomic mass is 10.1. The highest BCUT2D eigenvalue weighted by atomic mass is 32.1. The minimum absolute atomic E-state index is 0.185. The van der Waals surface area contributed by atoms with Gasteiger partial charge < -0.3 is 10.6 Å². The number of hydrogen-bond acceptors (Lipinski definition) is 8. The quantitative estimate of drug-likeness (QED) is 0.122. The summed E-state index contributed by atoms with van der Waals surface area (Å²) < 4.78 is 108. The Bertz CT molecular complexity index is 1970. The number of benzene rings is 4. The van der Waals surface area contributed by atoms with Crippen molar-refractivity contribution in [2.45, 2.75) is 12.4 Å². The highest BCUT2D eigenvalue weighted by molar-refractivity contribution is 7.14. The van der Waals surface area contributed by atoms with Gasteiger partial charge in [-0.1, -0.05) is 12.1 Å². The third-order valence-corrected chi connectivity index (χ3v) is 8.16. The van der Waals surface area contributed by atoms with Crippen LogP contribution in [-0.2, 0) is 12.4 Å². The molecule has 0 radical (unpaired) electrons. The molecule has 0 unspecified atom stereocenters. The molecule has 6 rings (SSSR count). The summed E-state index contributed by atoms with van der Waals surface area (Å²) in [6.07, 6.45) is -9.01. The van der Waals surface area contributed by atoms with Gasteiger partial charge in [-0.2, -0.15) is 26.3 Å². The highest BCUT2D eigenvalue weighted by Crippen LogP contribution is 2.36. The first-order chi connectivity index (χ1) is 22.8. The number of rotatable bonds is 8. The summed E-state index contributed by atoms with van der Waals surface area (Å²) in [4.78, 5) is 8.74. The first-order valence-electron chi connectivity index (χ1n) is 13.6. The van der Waals surface area contributed by atoms with Crippen LogP contribution in [-0.4, -0.2) is 9.97 Å². The number of halogens is 8. The zero-order valence-electron chi connectivity index (χ0n) is 23.9. The summed E-state index contributed by atoms with van der Waals surface area (Å²) in [5.41, 5.74) is -0.0854. The maximum atomic E-state index is 14.7. The van der Waals surface area contributed by atoms with Crippen molar-refractivity contribution in [1.82, 2.24) is 9.97 Å². The van der Waals surface area contributed by atoms with Crippen molar-refractivity contribution in [3.8, 4) is 22.5 Å². The molecule has 0 aliphatic heterocycles. The summed E-state index contributed by atoms with van der Waals surface area (Å²) in [6, 6.07) is 17.1. The largest absolute Gasteiger partial charge is 0.416 e. The van der Waals surface area contributed by atoms with E-state index in [4.69, 9.17) is 0 Å². The van der Waals surface area contributed by atoms with Crippen LogP contribution in [0.15, 0.2) is 106 Å². The molecular weight excluding hydrogens is 685 g/mol. The Morgan fingerprint density at radius 1 is 0.542 bits per heavy atom. The molecule has 2 aromatic heterocycles. The molecule has 0 bridgehead atoms. The van der Waals surface area contributed by atoms with E-state index in [1.54, 1.807) is 10.8 Å². The Hall–Kier alpha value is -5.22. The fourth-order valence-corrected chi connectivity index (χ4v) is 5.81. The van der Waals surface area contributed by atoms with Crippen molar-refractivity contribution in [3.05, 3.63) is 118 Å². The molecule has 0 fully saturated rings. The van der Waals surface area contributed by atoms with E-state index >= 15 is 0 Å². The normalized spacial score (nSPS) is 12.1. The van der Waals surface area contributed by atoms with Crippen LogP contribution in [0.25, 0.3) is 22.5 Å². The van der Waals surface area contributed by atoms with Crippen LogP contribution < -0.4 is 10.6 Å². The molecule has 4 aromatic carbocycles. The first-order valence-corrected chi connectivity index (χ1v) is 15.4. The predicted molar refractivity (Wildman–Crippen MR) is 169 cm³/mol. The molecule has 6 aromatic rings. The van der Waals surface area contributed by atoms with Gasteiger partial charge in [0.2, 0.25) is 0 Å². The molecule has 0 saturated carbocycles. The van der Waals surface area contributed by atoms with Gasteiger partial charge in [0.1, 0.15) is 11.4 Å². The summed E-state index contributed by atoms with van der Waals surface area (Å²) in [6.45, 7) is 0. The summed E-state index contributed by atoms with van der Waals surface area (Å²) in [5, 5.41) is 17.3. The van der Waals surface area contributed by atoms with Gasteiger partial charge >= 0.3 is 12.4 Å². The molecule has 0 aliphatic rings. The highest BCUT2D eigenvalue weighted by Gasteiger charge is 2.31. The van der Waals surface area contributed by atoms with Gasteiger partial charge in [-0.05, 0) is 72.8 Å². The van der Waals surface area contributed by atoms with Crippen molar-refractivity contribution in [2.24, 2.45) is 10.2 Å². The smallest absolute Gasteiger partial charge is 0.332 e. The molecular formula is C32H18F8N6S2. The number of anilines is 4. The molecule has 6 nitrogen and oxygen atoms in total. The number of nitrogens with zero attached hydrogens (tertiary/aromatic N) is 4. The number of nitrogens with one attached hydrogen (secondary N) is 2. The van der Waals surface area contributed by atoms with E-state index in [9.17, 15) is 35.1 Å². The van der Waals surface area contributed by atoms with Gasteiger partial charge in [-0.3, -0.25) is 0 Å². The Labute approximate surface area is 274 Å². The zero-order valence-corrected chi connectivity index (χ0v) is 25.5. The second-order valence-electron chi connectivity index (χ2n) is 10.0. The van der Waals surface area contributed by atoms with Crippen molar-refractivity contribution in [3.63, 3.8) is 0 Å². The van der Waals surface area contributed by atoms with E-state index < -0.39 is 35.1 Å². The lowest BCUT2D eigenvalue weighted by molar-refractivity contribution is -0.138. The molecule has 0 amide bonds. The third-order valence-electron chi connectivity index (χ3n) is 6.64. The topological polar surface area (TPSA) is 74.6 Å². The molecule has 16 heteroatoms. The SMILES string of the molecule is Fc1ccc(-c2csc(Nc3cccc(C(F)(F)F)c3)n2)cc1/N=N\c1cc(-c2csc(Nc3cccc(C(F)(F)F)c3)n2)ccc1F. The second-order valence-corrected chi connectivity index (χ2v) is 11.7. The van der Waals surface area contributed by atoms with Gasteiger partial charge in [0.05, 0.1) is 22.5 Å². The average molecular weight is 703 g/mol. The fraction of sp³-hybridized carbons (Fsp3) is 0.0625. The Kier molecular flexibility index (Phi) is 8.94. The third kappa shape index (κ3) is 7.66. The standard InChI is InChI=1S/C32H18F8N6S2/c33-23-9-7-17(27-15-47-29(43-27)41-21-5-1-3-19(13-21)31(35,36)37)11-25(23)45-46-26-12-18(8-10-24(26)34)28-16-48-30(44-28)42-22-6-2-4-20(14-22)32(38,39)40/h1-16H,(H,41,43)(H,42,44)/b46-45-. The molecule has 0 atom stereocenters. The van der Waals surface area contributed by atoms with Gasteiger partial charge in [0, 0.05) is 33.3 Å². The predicted octanol–water partition coefficient (Wildman–Crippen LogP) is 12.2. The maximum absolute atomic E-state index is 14.7. The zero-order chi connectivity index (χ0) is 34.1. The Balaban J connectivity index is 1.18. The lowest BCUT2D eigenvalue weighted by Gasteiger charge is -2.09. The summed E-state index contributed by atoms with van der Waals surface area (Å²) in [5.74, 6) is -1.50. The lowest BCUT2D eigenvalue weighted by Crippen LogP contribution is -2.05. The number of aromatic nitrogens is 2. The molecule has 0 spiro atoms. The van der Waals surface area contributed by atoms with Gasteiger partial charge in [-0.15, -0.1) is 32.9 Å². The molecule has 48 heavy (non-hydrogen) atoms. The van der Waals surface area contributed by atoms with E-state index in [-0.39, 0.29) is 22.7 Å². The van der Waals surface area contributed by atoms with Crippen LogP contribution in [0, 0.1) is 11.6 Å². The first kappa shape index (κ1) is 32.7. The number of thiazole rings is 2. The van der Waals surface area contributed by atoms with E-state index in [0.717, 1.165) is 59.1 Å². The van der Waals surface area contributed by atoms with Crippen LogP contribution in [0.4, 0.5) is 68.1 Å². The Morgan fingerprint density at radius 2 is 0.958 bits per heavy atom. The van der Waals surface area contributed by atoms with Crippen molar-refractivity contribution >= 4 is 55.7 Å². The number of alkyl halides is 6. The van der Waals surface area contributed by atoms with Crippen LogP contribution in [0.2, 0.25) is 0 Å². The molecule has 244 valence electrons. The molecule has 0 saturated heterocycles. The Morgan fingerprint density at radius 3 is 1.35 bits per heavy atom. The minimum atomic E-state index is -4.50. The van der Waals surface area contributed by atoms with Crippen molar-refractivity contribution < 1.29 is 35.1 Å². The van der Waals surface area contributed by atoms with Crippen LogP contribution in [0.5, 0.6) is 0 Å².